The lowest BCUT2D eigenvalue weighted by Gasteiger charge is -2.07. The Morgan fingerprint density at radius 3 is 2.42 bits per heavy atom. The molecule has 0 atom stereocenters. The maximum absolute atomic E-state index is 14.2. The molecule has 0 saturated heterocycles. The Bertz CT molecular complexity index is 543. The van der Waals surface area contributed by atoms with Crippen LogP contribution in [0.25, 0.3) is 10.8 Å². The van der Waals surface area contributed by atoms with Crippen LogP contribution >= 0.6 is 0 Å². The average molecular weight is 258 g/mol. The largest absolute Gasteiger partial charge is 0.206 e. The van der Waals surface area contributed by atoms with Gasteiger partial charge in [-0.1, -0.05) is 51.3 Å². The van der Waals surface area contributed by atoms with Crippen LogP contribution in [0.1, 0.15) is 50.7 Å². The zero-order valence-corrected chi connectivity index (χ0v) is 12.0. The van der Waals surface area contributed by atoms with Gasteiger partial charge in [0.15, 0.2) is 0 Å². The van der Waals surface area contributed by atoms with Crippen LogP contribution in [0.2, 0.25) is 0 Å². The lowest BCUT2D eigenvalue weighted by molar-refractivity contribution is 0.635. The molecular weight excluding hydrogens is 235 g/mol. The highest BCUT2D eigenvalue weighted by Gasteiger charge is 2.05. The van der Waals surface area contributed by atoms with Gasteiger partial charge in [0.1, 0.15) is 5.82 Å². The van der Waals surface area contributed by atoms with Crippen molar-refractivity contribution in [3.05, 3.63) is 47.3 Å². The molecule has 0 aromatic heterocycles. The Morgan fingerprint density at radius 1 is 0.842 bits per heavy atom. The van der Waals surface area contributed by atoms with E-state index in [-0.39, 0.29) is 5.82 Å². The second kappa shape index (κ2) is 6.70. The summed E-state index contributed by atoms with van der Waals surface area (Å²) in [6.07, 6.45) is 6.67. The van der Waals surface area contributed by atoms with Gasteiger partial charge in [-0.15, -0.1) is 0 Å². The minimum Gasteiger partial charge on any atom is -0.206 e. The van der Waals surface area contributed by atoms with E-state index in [9.17, 15) is 4.39 Å². The van der Waals surface area contributed by atoms with Crippen LogP contribution in [0.15, 0.2) is 30.3 Å². The first-order valence-corrected chi connectivity index (χ1v) is 7.45. The number of hydrogen-bond acceptors (Lipinski definition) is 0. The van der Waals surface area contributed by atoms with Gasteiger partial charge >= 0.3 is 0 Å². The highest BCUT2D eigenvalue weighted by Crippen LogP contribution is 2.23. The number of rotatable bonds is 6. The molecule has 0 aliphatic rings. The van der Waals surface area contributed by atoms with Crippen molar-refractivity contribution < 1.29 is 4.39 Å². The first-order chi connectivity index (χ1) is 9.24. The van der Waals surface area contributed by atoms with Crippen LogP contribution in [0.5, 0.6) is 0 Å². The Kier molecular flexibility index (Phi) is 4.95. The van der Waals surface area contributed by atoms with Gasteiger partial charge in [-0.3, -0.25) is 0 Å². The summed E-state index contributed by atoms with van der Waals surface area (Å²) in [6.45, 7) is 4.34. The molecule has 2 rings (SSSR count). The molecule has 0 N–H and O–H groups in total. The van der Waals surface area contributed by atoms with Gasteiger partial charge < -0.3 is 0 Å². The van der Waals surface area contributed by atoms with Crippen LogP contribution < -0.4 is 0 Å². The molecule has 0 fully saturated rings. The highest BCUT2D eigenvalue weighted by molar-refractivity contribution is 5.84. The second-order valence-corrected chi connectivity index (χ2v) is 5.34. The summed E-state index contributed by atoms with van der Waals surface area (Å²) in [4.78, 5) is 0. The Hall–Kier alpha value is -1.37. The second-order valence-electron chi connectivity index (χ2n) is 5.34. The molecule has 2 aromatic carbocycles. The summed E-state index contributed by atoms with van der Waals surface area (Å²) in [6, 6.07) is 10.1. The molecule has 19 heavy (non-hydrogen) atoms. The van der Waals surface area contributed by atoms with Gasteiger partial charge in [0.2, 0.25) is 0 Å². The molecule has 2 aromatic rings. The van der Waals surface area contributed by atoms with E-state index < -0.39 is 0 Å². The summed E-state index contributed by atoms with van der Waals surface area (Å²) in [5.74, 6) is -0.0676. The first kappa shape index (κ1) is 14.0. The molecule has 102 valence electrons. The maximum Gasteiger partial charge on any atom is 0.131 e. The van der Waals surface area contributed by atoms with Crippen molar-refractivity contribution in [1.82, 2.24) is 0 Å². The van der Waals surface area contributed by atoms with Crippen molar-refractivity contribution in [2.24, 2.45) is 0 Å². The van der Waals surface area contributed by atoms with Crippen LogP contribution in [-0.2, 0) is 12.8 Å². The molecule has 0 amide bonds. The fourth-order valence-corrected chi connectivity index (χ4v) is 2.59. The Morgan fingerprint density at radius 2 is 1.68 bits per heavy atom. The summed E-state index contributed by atoms with van der Waals surface area (Å²) >= 11 is 0. The molecule has 0 radical (unpaired) electrons. The van der Waals surface area contributed by atoms with E-state index in [1.165, 1.54) is 18.4 Å². The van der Waals surface area contributed by atoms with Gasteiger partial charge in [0, 0.05) is 5.39 Å². The molecular formula is C18H23F. The molecule has 0 nitrogen and oxygen atoms in total. The van der Waals surface area contributed by atoms with Gasteiger partial charge in [0.05, 0.1) is 0 Å². The number of halogens is 1. The molecule has 1 heteroatoms. The third-order valence-electron chi connectivity index (χ3n) is 3.64. The van der Waals surface area contributed by atoms with Gasteiger partial charge in [-0.05, 0) is 47.9 Å². The fourth-order valence-electron chi connectivity index (χ4n) is 2.59. The molecule has 0 bridgehead atoms. The Labute approximate surface area is 115 Å². The van der Waals surface area contributed by atoms with Gasteiger partial charge in [-0.25, -0.2) is 4.39 Å². The number of fused-ring (bicyclic) bond motifs is 1. The summed E-state index contributed by atoms with van der Waals surface area (Å²) in [5.41, 5.74) is 2.36. The van der Waals surface area contributed by atoms with E-state index >= 15 is 0 Å². The van der Waals surface area contributed by atoms with Crippen LogP contribution in [0, 0.1) is 5.82 Å². The van der Waals surface area contributed by atoms with E-state index in [2.05, 4.69) is 32.0 Å². The fraction of sp³-hybridized carbons (Fsp3) is 0.444. The third-order valence-corrected chi connectivity index (χ3v) is 3.64. The van der Waals surface area contributed by atoms with Crippen molar-refractivity contribution >= 4 is 10.8 Å². The van der Waals surface area contributed by atoms with Gasteiger partial charge in [0.25, 0.3) is 0 Å². The molecule has 0 heterocycles. The number of hydrogen-bond donors (Lipinski definition) is 0. The minimum absolute atomic E-state index is 0.0676. The summed E-state index contributed by atoms with van der Waals surface area (Å²) in [5, 5.41) is 1.80. The highest BCUT2D eigenvalue weighted by atomic mass is 19.1. The molecule has 0 aliphatic carbocycles. The van der Waals surface area contributed by atoms with Crippen molar-refractivity contribution in [1.29, 1.82) is 0 Å². The average Bonchev–Trinajstić information content (AvgIpc) is 2.40. The normalized spacial score (nSPS) is 11.1. The van der Waals surface area contributed by atoms with Crippen molar-refractivity contribution in [3.8, 4) is 0 Å². The lowest BCUT2D eigenvalue weighted by atomic mass is 9.99. The molecule has 0 spiro atoms. The summed E-state index contributed by atoms with van der Waals surface area (Å²) in [7, 11) is 0. The molecule has 0 aliphatic heterocycles. The molecule has 0 saturated carbocycles. The van der Waals surface area contributed by atoms with Crippen LogP contribution in [0.3, 0.4) is 0 Å². The quantitative estimate of drug-likeness (QED) is 0.586. The van der Waals surface area contributed by atoms with E-state index in [1.807, 2.05) is 6.07 Å². The predicted molar refractivity (Wildman–Crippen MR) is 81.1 cm³/mol. The van der Waals surface area contributed by atoms with Crippen molar-refractivity contribution in [3.63, 3.8) is 0 Å². The number of unbranched alkanes of at least 4 members (excludes halogenated alkanes) is 2. The van der Waals surface area contributed by atoms with E-state index in [4.69, 9.17) is 0 Å². The smallest absolute Gasteiger partial charge is 0.131 e. The monoisotopic (exact) mass is 258 g/mol. The van der Waals surface area contributed by atoms with E-state index in [1.54, 1.807) is 6.07 Å². The zero-order chi connectivity index (χ0) is 13.7. The maximum atomic E-state index is 14.2. The number of benzene rings is 2. The van der Waals surface area contributed by atoms with Crippen LogP contribution in [0.4, 0.5) is 4.39 Å². The lowest BCUT2D eigenvalue weighted by Crippen LogP contribution is -1.91. The zero-order valence-electron chi connectivity index (χ0n) is 12.0. The number of aryl methyl sites for hydroxylation is 2. The van der Waals surface area contributed by atoms with Crippen molar-refractivity contribution in [2.45, 2.75) is 52.4 Å². The molecule has 0 unspecified atom stereocenters. The van der Waals surface area contributed by atoms with E-state index in [0.29, 0.717) is 0 Å². The van der Waals surface area contributed by atoms with E-state index in [0.717, 1.165) is 42.0 Å². The predicted octanol–water partition coefficient (Wildman–Crippen LogP) is 5.66. The topological polar surface area (TPSA) is 0 Å². The standard InChI is InChI=1S/C18H23F/c1-3-5-6-8-15-11-16-10-9-14(7-4-2)12-17(16)18(19)13-15/h9-13H,3-8H2,1-2H3. The Balaban J connectivity index is 2.28. The summed E-state index contributed by atoms with van der Waals surface area (Å²) < 4.78 is 14.2. The minimum atomic E-state index is -0.0676. The SMILES string of the molecule is CCCCCc1cc(F)c2cc(CCC)ccc2c1. The van der Waals surface area contributed by atoms with Crippen molar-refractivity contribution in [2.75, 3.05) is 0 Å². The van der Waals surface area contributed by atoms with Crippen LogP contribution in [-0.4, -0.2) is 0 Å². The third kappa shape index (κ3) is 3.56. The first-order valence-electron chi connectivity index (χ1n) is 7.45. The van der Waals surface area contributed by atoms with Gasteiger partial charge in [-0.2, -0.15) is 0 Å².